The van der Waals surface area contributed by atoms with Gasteiger partial charge >= 0.3 is 0 Å². The Kier molecular flexibility index (Phi) is 6.40. The minimum absolute atomic E-state index is 0.236. The average molecular weight is 400 g/mol. The van der Waals surface area contributed by atoms with Crippen molar-refractivity contribution in [3.05, 3.63) is 29.6 Å². The molecule has 0 amide bonds. The van der Waals surface area contributed by atoms with Crippen molar-refractivity contribution in [3.8, 4) is 5.75 Å². The first kappa shape index (κ1) is 20.5. The van der Waals surface area contributed by atoms with E-state index in [-0.39, 0.29) is 11.6 Å². The highest BCUT2D eigenvalue weighted by Crippen LogP contribution is 2.25. The Morgan fingerprint density at radius 1 is 1.07 bits per heavy atom. The van der Waals surface area contributed by atoms with Crippen molar-refractivity contribution in [2.45, 2.75) is 26.8 Å². The van der Waals surface area contributed by atoms with Gasteiger partial charge < -0.3 is 4.74 Å². The first-order chi connectivity index (χ1) is 12.8. The lowest BCUT2D eigenvalue weighted by Gasteiger charge is -2.40. The van der Waals surface area contributed by atoms with E-state index in [0.717, 1.165) is 12.0 Å². The third-order valence-electron chi connectivity index (χ3n) is 5.44. The van der Waals surface area contributed by atoms with E-state index in [2.05, 4.69) is 18.7 Å². The molecule has 0 spiro atoms. The highest BCUT2D eigenvalue weighted by atomic mass is 32.2. The van der Waals surface area contributed by atoms with Crippen LogP contribution in [0.15, 0.2) is 18.2 Å². The lowest BCUT2D eigenvalue weighted by atomic mass is 9.94. The maximum Gasteiger partial charge on any atom is 0.282 e. The molecule has 8 heteroatoms. The largest absolute Gasteiger partial charge is 0.494 e. The smallest absolute Gasteiger partial charge is 0.282 e. The molecule has 2 aliphatic rings. The number of ether oxygens (including phenoxy) is 1. The summed E-state index contributed by atoms with van der Waals surface area (Å²) in [6, 6.07) is 4.96. The van der Waals surface area contributed by atoms with E-state index in [1.54, 1.807) is 14.7 Å². The Morgan fingerprint density at radius 3 is 2.26 bits per heavy atom. The number of rotatable bonds is 5. The summed E-state index contributed by atoms with van der Waals surface area (Å²) in [6.45, 7) is 8.29. The molecule has 6 nitrogen and oxygen atoms in total. The number of piperazine rings is 1. The number of benzene rings is 1. The van der Waals surface area contributed by atoms with Gasteiger partial charge in [-0.25, -0.2) is 4.39 Å². The summed E-state index contributed by atoms with van der Waals surface area (Å²) in [5.41, 5.74) is 0.864. The van der Waals surface area contributed by atoms with Gasteiger partial charge in [0.1, 0.15) is 0 Å². The third kappa shape index (κ3) is 4.80. The SMILES string of the molecule is COc1ccc(CN2CCN(S(=O)(=O)N3CC(C)CC(C)C3)CC2)cc1F. The summed E-state index contributed by atoms with van der Waals surface area (Å²) in [5, 5.41) is 0. The van der Waals surface area contributed by atoms with E-state index < -0.39 is 10.2 Å². The molecule has 2 atom stereocenters. The number of methoxy groups -OCH3 is 1. The number of hydrogen-bond acceptors (Lipinski definition) is 4. The quantitative estimate of drug-likeness (QED) is 0.762. The third-order valence-corrected chi connectivity index (χ3v) is 7.41. The maximum absolute atomic E-state index is 13.9. The number of piperidine rings is 1. The zero-order valence-corrected chi connectivity index (χ0v) is 17.2. The topological polar surface area (TPSA) is 53.1 Å². The lowest BCUT2D eigenvalue weighted by molar-refractivity contribution is 0.162. The molecule has 1 aromatic carbocycles. The number of hydrogen-bond donors (Lipinski definition) is 0. The van der Waals surface area contributed by atoms with Gasteiger partial charge in [0.25, 0.3) is 10.2 Å². The van der Waals surface area contributed by atoms with E-state index in [4.69, 9.17) is 4.74 Å². The van der Waals surface area contributed by atoms with E-state index in [0.29, 0.717) is 57.6 Å². The molecular formula is C19H30FN3O3S. The zero-order valence-electron chi connectivity index (χ0n) is 16.4. The molecular weight excluding hydrogens is 369 g/mol. The molecule has 2 unspecified atom stereocenters. The molecule has 0 aliphatic carbocycles. The normalized spacial score (nSPS) is 26.2. The fourth-order valence-electron chi connectivity index (χ4n) is 4.14. The summed E-state index contributed by atoms with van der Waals surface area (Å²) in [7, 11) is -1.95. The van der Waals surface area contributed by atoms with Gasteiger partial charge in [-0.15, -0.1) is 0 Å². The molecule has 2 fully saturated rings. The molecule has 1 aromatic rings. The van der Waals surface area contributed by atoms with Gasteiger partial charge in [-0.3, -0.25) is 4.90 Å². The van der Waals surface area contributed by atoms with Crippen molar-refractivity contribution < 1.29 is 17.5 Å². The summed E-state index contributed by atoms with van der Waals surface area (Å²) in [6.07, 6.45) is 1.08. The van der Waals surface area contributed by atoms with Crippen molar-refractivity contribution in [2.75, 3.05) is 46.4 Å². The van der Waals surface area contributed by atoms with Gasteiger partial charge in [-0.05, 0) is 36.0 Å². The number of halogens is 1. The van der Waals surface area contributed by atoms with Gasteiger partial charge in [0.2, 0.25) is 0 Å². The van der Waals surface area contributed by atoms with Gasteiger partial charge in [-0.2, -0.15) is 17.0 Å². The fourth-order valence-corrected chi connectivity index (χ4v) is 5.98. The Hall–Kier alpha value is -1.22. The van der Waals surface area contributed by atoms with E-state index in [9.17, 15) is 12.8 Å². The minimum Gasteiger partial charge on any atom is -0.494 e. The van der Waals surface area contributed by atoms with Gasteiger partial charge in [0, 0.05) is 45.8 Å². The predicted molar refractivity (Wildman–Crippen MR) is 103 cm³/mol. The maximum atomic E-state index is 13.9. The van der Waals surface area contributed by atoms with Crippen LogP contribution in [0.5, 0.6) is 5.75 Å². The molecule has 0 aromatic heterocycles. The highest BCUT2D eigenvalue weighted by molar-refractivity contribution is 7.86. The first-order valence-corrected chi connectivity index (χ1v) is 11.0. The second-order valence-electron chi connectivity index (χ2n) is 7.91. The van der Waals surface area contributed by atoms with Crippen molar-refractivity contribution in [1.29, 1.82) is 0 Å². The van der Waals surface area contributed by atoms with Crippen LogP contribution in [0.3, 0.4) is 0 Å². The summed E-state index contributed by atoms with van der Waals surface area (Å²) >= 11 is 0. The average Bonchev–Trinajstić information content (AvgIpc) is 2.61. The highest BCUT2D eigenvalue weighted by Gasteiger charge is 2.36. The van der Waals surface area contributed by atoms with Crippen LogP contribution in [0.1, 0.15) is 25.8 Å². The summed E-state index contributed by atoms with van der Waals surface area (Å²) < 4.78 is 48.0. The van der Waals surface area contributed by atoms with Crippen molar-refractivity contribution in [2.24, 2.45) is 11.8 Å². The Morgan fingerprint density at radius 2 is 1.70 bits per heavy atom. The number of nitrogens with zero attached hydrogens (tertiary/aromatic N) is 3. The Balaban J connectivity index is 1.57. The van der Waals surface area contributed by atoms with Crippen LogP contribution < -0.4 is 4.74 Å². The van der Waals surface area contributed by atoms with Crippen LogP contribution in [0.2, 0.25) is 0 Å². The summed E-state index contributed by atoms with van der Waals surface area (Å²) in [5.74, 6) is 0.661. The molecule has 2 heterocycles. The molecule has 0 radical (unpaired) electrons. The molecule has 0 N–H and O–H groups in total. The summed E-state index contributed by atoms with van der Waals surface area (Å²) in [4.78, 5) is 2.16. The molecule has 2 saturated heterocycles. The van der Waals surface area contributed by atoms with Crippen LogP contribution in [-0.4, -0.2) is 68.3 Å². The fraction of sp³-hybridized carbons (Fsp3) is 0.684. The lowest BCUT2D eigenvalue weighted by Crippen LogP contribution is -2.55. The molecule has 27 heavy (non-hydrogen) atoms. The van der Waals surface area contributed by atoms with Crippen LogP contribution in [0.25, 0.3) is 0 Å². The predicted octanol–water partition coefficient (Wildman–Crippen LogP) is 2.17. The monoisotopic (exact) mass is 399 g/mol. The van der Waals surface area contributed by atoms with Crippen molar-refractivity contribution in [3.63, 3.8) is 0 Å². The van der Waals surface area contributed by atoms with Gasteiger partial charge in [0.05, 0.1) is 7.11 Å². The van der Waals surface area contributed by atoms with Crippen molar-refractivity contribution in [1.82, 2.24) is 13.5 Å². The molecule has 2 aliphatic heterocycles. The van der Waals surface area contributed by atoms with E-state index in [1.807, 2.05) is 6.07 Å². The first-order valence-electron chi connectivity index (χ1n) is 9.59. The van der Waals surface area contributed by atoms with Crippen LogP contribution >= 0.6 is 0 Å². The van der Waals surface area contributed by atoms with Crippen LogP contribution in [0.4, 0.5) is 4.39 Å². The van der Waals surface area contributed by atoms with E-state index >= 15 is 0 Å². The Labute approximate surface area is 162 Å². The molecule has 152 valence electrons. The van der Waals surface area contributed by atoms with Crippen LogP contribution in [0, 0.1) is 17.7 Å². The van der Waals surface area contributed by atoms with Crippen molar-refractivity contribution >= 4 is 10.2 Å². The van der Waals surface area contributed by atoms with E-state index in [1.165, 1.54) is 13.2 Å². The Bertz CT molecular complexity index is 741. The standard InChI is InChI=1S/C19H30FN3O3S/c1-15-10-16(2)13-23(12-15)27(24,25)22-8-6-21(7-9-22)14-17-4-5-19(26-3)18(20)11-17/h4-5,11,15-16H,6-10,12-14H2,1-3H3. The molecule has 3 rings (SSSR count). The minimum atomic E-state index is -3.40. The second-order valence-corrected chi connectivity index (χ2v) is 9.84. The zero-order chi connectivity index (χ0) is 19.6. The molecule has 0 saturated carbocycles. The van der Waals surface area contributed by atoms with Gasteiger partial charge in [0.15, 0.2) is 11.6 Å². The second kappa shape index (κ2) is 8.43. The van der Waals surface area contributed by atoms with Gasteiger partial charge in [-0.1, -0.05) is 19.9 Å². The molecule has 0 bridgehead atoms. The van der Waals surface area contributed by atoms with Crippen LogP contribution in [-0.2, 0) is 16.8 Å².